The highest BCUT2D eigenvalue weighted by molar-refractivity contribution is 7.99. The molecule has 0 bridgehead atoms. The van der Waals surface area contributed by atoms with Gasteiger partial charge in [-0.2, -0.15) is 0 Å². The minimum Gasteiger partial charge on any atom is -0.383 e. The van der Waals surface area contributed by atoms with Gasteiger partial charge in [0.05, 0.1) is 13.2 Å². The van der Waals surface area contributed by atoms with E-state index in [2.05, 4.69) is 36.5 Å². The molecular formula is C15H25NO2S. The lowest BCUT2D eigenvalue weighted by atomic mass is 10.2. The van der Waals surface area contributed by atoms with Crippen LogP contribution in [0.4, 0.5) is 0 Å². The van der Waals surface area contributed by atoms with E-state index < -0.39 is 0 Å². The number of hydrogen-bond donors (Lipinski definition) is 1. The minimum atomic E-state index is 0.756. The van der Waals surface area contributed by atoms with Crippen LogP contribution >= 0.6 is 11.8 Å². The van der Waals surface area contributed by atoms with Crippen molar-refractivity contribution in [1.82, 2.24) is 5.32 Å². The first kappa shape index (κ1) is 16.5. The van der Waals surface area contributed by atoms with E-state index in [-0.39, 0.29) is 0 Å². The van der Waals surface area contributed by atoms with E-state index in [1.54, 1.807) is 7.11 Å². The van der Waals surface area contributed by atoms with Gasteiger partial charge < -0.3 is 14.8 Å². The van der Waals surface area contributed by atoms with E-state index in [4.69, 9.17) is 9.47 Å². The zero-order valence-corrected chi connectivity index (χ0v) is 12.8. The molecule has 0 saturated carbocycles. The summed E-state index contributed by atoms with van der Waals surface area (Å²) in [5.41, 5.74) is 1.31. The fourth-order valence-electron chi connectivity index (χ4n) is 1.58. The van der Waals surface area contributed by atoms with Crippen molar-refractivity contribution in [2.24, 2.45) is 0 Å². The van der Waals surface area contributed by atoms with Gasteiger partial charge in [-0.3, -0.25) is 0 Å². The summed E-state index contributed by atoms with van der Waals surface area (Å²) in [4.78, 5) is 1.31. The first-order chi connectivity index (χ1) is 9.36. The van der Waals surface area contributed by atoms with Crippen LogP contribution in [0.2, 0.25) is 0 Å². The molecule has 1 aromatic carbocycles. The summed E-state index contributed by atoms with van der Waals surface area (Å²) in [5.74, 6) is 1.02. The number of hydrogen-bond acceptors (Lipinski definition) is 4. The Morgan fingerprint density at radius 1 is 1.11 bits per heavy atom. The van der Waals surface area contributed by atoms with Crippen molar-refractivity contribution in [1.29, 1.82) is 0 Å². The van der Waals surface area contributed by atoms with Crippen LogP contribution in [0.1, 0.15) is 18.9 Å². The predicted molar refractivity (Wildman–Crippen MR) is 81.9 cm³/mol. The number of thioether (sulfide) groups is 1. The quantitative estimate of drug-likeness (QED) is 0.500. The number of rotatable bonds is 11. The second-order valence-corrected chi connectivity index (χ2v) is 5.44. The van der Waals surface area contributed by atoms with Crippen LogP contribution in [0.3, 0.4) is 0 Å². The van der Waals surface area contributed by atoms with Gasteiger partial charge in [0.15, 0.2) is 0 Å². The van der Waals surface area contributed by atoms with Gasteiger partial charge in [-0.1, -0.05) is 19.1 Å². The fraction of sp³-hybridized carbons (Fsp3) is 0.600. The molecular weight excluding hydrogens is 258 g/mol. The molecule has 108 valence electrons. The predicted octanol–water partition coefficient (Wildman–Crippen LogP) is 2.94. The molecule has 1 rings (SSSR count). The van der Waals surface area contributed by atoms with Crippen LogP contribution in [-0.4, -0.2) is 39.2 Å². The number of benzene rings is 1. The molecule has 0 radical (unpaired) electrons. The summed E-state index contributed by atoms with van der Waals surface area (Å²) >= 11 is 1.85. The van der Waals surface area contributed by atoms with Gasteiger partial charge >= 0.3 is 0 Å². The Labute approximate surface area is 121 Å². The first-order valence-corrected chi connectivity index (χ1v) is 7.84. The van der Waals surface area contributed by atoms with Crippen LogP contribution in [0.15, 0.2) is 29.2 Å². The molecule has 0 spiro atoms. The second-order valence-electron chi connectivity index (χ2n) is 4.27. The van der Waals surface area contributed by atoms with Gasteiger partial charge in [0.25, 0.3) is 0 Å². The standard InChI is InChI=1S/C15H25NO2S/c1-3-9-18-11-12-19-15-6-4-14(5-7-15)13-16-8-10-17-2/h4-7,16H,3,8-13H2,1-2H3. The van der Waals surface area contributed by atoms with Crippen LogP contribution in [0, 0.1) is 0 Å². The largest absolute Gasteiger partial charge is 0.383 e. The average Bonchev–Trinajstić information content (AvgIpc) is 2.45. The molecule has 0 unspecified atom stereocenters. The van der Waals surface area contributed by atoms with E-state index in [1.165, 1.54) is 10.5 Å². The van der Waals surface area contributed by atoms with Crippen LogP contribution in [-0.2, 0) is 16.0 Å². The van der Waals surface area contributed by atoms with E-state index in [9.17, 15) is 0 Å². The molecule has 0 aliphatic carbocycles. The molecule has 1 aromatic rings. The molecule has 19 heavy (non-hydrogen) atoms. The van der Waals surface area contributed by atoms with Crippen molar-refractivity contribution in [3.63, 3.8) is 0 Å². The summed E-state index contributed by atoms with van der Waals surface area (Å²) in [6.07, 6.45) is 1.09. The van der Waals surface area contributed by atoms with Gasteiger partial charge in [-0.05, 0) is 24.1 Å². The highest BCUT2D eigenvalue weighted by atomic mass is 32.2. The van der Waals surface area contributed by atoms with Crippen molar-refractivity contribution in [3.05, 3.63) is 29.8 Å². The van der Waals surface area contributed by atoms with Crippen molar-refractivity contribution in [2.75, 3.05) is 39.2 Å². The highest BCUT2D eigenvalue weighted by Crippen LogP contribution is 2.18. The normalized spacial score (nSPS) is 10.8. The Morgan fingerprint density at radius 3 is 2.58 bits per heavy atom. The third-order valence-electron chi connectivity index (χ3n) is 2.58. The fourth-order valence-corrected chi connectivity index (χ4v) is 2.34. The maximum Gasteiger partial charge on any atom is 0.0587 e. The average molecular weight is 283 g/mol. The van der Waals surface area contributed by atoms with E-state index in [0.29, 0.717) is 0 Å². The Bertz CT molecular complexity index is 316. The zero-order valence-electron chi connectivity index (χ0n) is 12.0. The summed E-state index contributed by atoms with van der Waals surface area (Å²) in [7, 11) is 1.72. The SMILES string of the molecule is CCCOCCSc1ccc(CNCCOC)cc1. The molecule has 0 atom stereocenters. The molecule has 3 nitrogen and oxygen atoms in total. The third kappa shape index (κ3) is 8.26. The molecule has 4 heteroatoms. The summed E-state index contributed by atoms with van der Waals surface area (Å²) in [5, 5.41) is 3.34. The van der Waals surface area contributed by atoms with Crippen LogP contribution in [0.5, 0.6) is 0 Å². The molecule has 0 amide bonds. The smallest absolute Gasteiger partial charge is 0.0587 e. The minimum absolute atomic E-state index is 0.756. The molecule has 0 fully saturated rings. The van der Waals surface area contributed by atoms with Gasteiger partial charge in [0, 0.05) is 37.5 Å². The van der Waals surface area contributed by atoms with E-state index >= 15 is 0 Å². The zero-order chi connectivity index (χ0) is 13.8. The van der Waals surface area contributed by atoms with Gasteiger partial charge in [-0.15, -0.1) is 11.8 Å². The molecule has 1 N–H and O–H groups in total. The van der Waals surface area contributed by atoms with Crippen molar-refractivity contribution in [2.45, 2.75) is 24.8 Å². The molecule has 0 aromatic heterocycles. The topological polar surface area (TPSA) is 30.5 Å². The van der Waals surface area contributed by atoms with E-state index in [0.717, 1.165) is 45.1 Å². The summed E-state index contributed by atoms with van der Waals surface area (Å²) < 4.78 is 10.5. The monoisotopic (exact) mass is 283 g/mol. The molecule has 0 heterocycles. The number of nitrogens with one attached hydrogen (secondary N) is 1. The summed E-state index contributed by atoms with van der Waals surface area (Å²) in [6.45, 7) is 6.37. The highest BCUT2D eigenvalue weighted by Gasteiger charge is 1.96. The van der Waals surface area contributed by atoms with Crippen molar-refractivity contribution < 1.29 is 9.47 Å². The Morgan fingerprint density at radius 2 is 1.89 bits per heavy atom. The second kappa shape index (κ2) is 11.3. The lowest BCUT2D eigenvalue weighted by Crippen LogP contribution is -2.18. The number of methoxy groups -OCH3 is 1. The van der Waals surface area contributed by atoms with Crippen molar-refractivity contribution in [3.8, 4) is 0 Å². The van der Waals surface area contributed by atoms with Crippen molar-refractivity contribution >= 4 is 11.8 Å². The maximum absolute atomic E-state index is 5.46. The van der Waals surface area contributed by atoms with E-state index in [1.807, 2.05) is 11.8 Å². The molecule has 0 aliphatic rings. The molecule has 0 aliphatic heterocycles. The maximum atomic E-state index is 5.46. The molecule has 0 saturated heterocycles. The third-order valence-corrected chi connectivity index (χ3v) is 3.56. The lowest BCUT2D eigenvalue weighted by Gasteiger charge is -2.06. The Kier molecular flexibility index (Phi) is 9.81. The van der Waals surface area contributed by atoms with Crippen LogP contribution < -0.4 is 5.32 Å². The Balaban J connectivity index is 2.16. The first-order valence-electron chi connectivity index (χ1n) is 6.86. The number of ether oxygens (including phenoxy) is 2. The van der Waals surface area contributed by atoms with Gasteiger partial charge in [0.2, 0.25) is 0 Å². The summed E-state index contributed by atoms with van der Waals surface area (Å²) in [6, 6.07) is 8.71. The Hall–Kier alpha value is -0.550. The lowest BCUT2D eigenvalue weighted by molar-refractivity contribution is 0.151. The van der Waals surface area contributed by atoms with Gasteiger partial charge in [-0.25, -0.2) is 0 Å². The van der Waals surface area contributed by atoms with Gasteiger partial charge in [0.1, 0.15) is 0 Å². The van der Waals surface area contributed by atoms with Crippen LogP contribution in [0.25, 0.3) is 0 Å².